The van der Waals surface area contributed by atoms with E-state index in [1.54, 1.807) is 18.5 Å². The van der Waals surface area contributed by atoms with Crippen molar-refractivity contribution in [3.63, 3.8) is 0 Å². The Morgan fingerprint density at radius 1 is 1.50 bits per heavy atom. The number of nitrogens with one attached hydrogen (secondary N) is 1. The van der Waals surface area contributed by atoms with E-state index in [4.69, 9.17) is 5.41 Å². The van der Waals surface area contributed by atoms with Gasteiger partial charge in [-0.05, 0) is 11.6 Å². The number of amides is 1. The molecule has 1 aliphatic heterocycles. The van der Waals surface area contributed by atoms with Gasteiger partial charge in [0, 0.05) is 24.2 Å². The number of hydrogen-bond donors (Lipinski definition) is 1. The van der Waals surface area contributed by atoms with Crippen molar-refractivity contribution in [1.82, 2.24) is 9.88 Å². The van der Waals surface area contributed by atoms with Crippen molar-refractivity contribution in [2.45, 2.75) is 33.2 Å². The van der Waals surface area contributed by atoms with Crippen molar-refractivity contribution in [1.29, 1.82) is 5.41 Å². The molecule has 0 spiro atoms. The third-order valence-electron chi connectivity index (χ3n) is 3.60. The van der Waals surface area contributed by atoms with E-state index in [0.29, 0.717) is 0 Å². The number of likely N-dealkylation sites (tertiary alicyclic amines) is 1. The highest BCUT2D eigenvalue weighted by Crippen LogP contribution is 2.40. The molecule has 0 saturated carbocycles. The van der Waals surface area contributed by atoms with Crippen LogP contribution in [0.3, 0.4) is 0 Å². The molecule has 1 aliphatic rings. The zero-order valence-corrected chi connectivity index (χ0v) is 12.0. The van der Waals surface area contributed by atoms with Gasteiger partial charge in [0.1, 0.15) is 5.78 Å². The Labute approximate surface area is 118 Å². The van der Waals surface area contributed by atoms with E-state index in [1.165, 1.54) is 4.90 Å². The van der Waals surface area contributed by atoms with Crippen molar-refractivity contribution in [3.05, 3.63) is 30.1 Å². The zero-order chi connectivity index (χ0) is 14.9. The van der Waals surface area contributed by atoms with Crippen LogP contribution in [-0.2, 0) is 9.59 Å². The van der Waals surface area contributed by atoms with Crippen molar-refractivity contribution < 1.29 is 9.59 Å². The summed E-state index contributed by atoms with van der Waals surface area (Å²) in [4.78, 5) is 30.0. The molecular formula is C15H19N3O2. The number of hydrogen-bond acceptors (Lipinski definition) is 4. The van der Waals surface area contributed by atoms with Crippen LogP contribution in [0, 0.1) is 16.7 Å². The number of rotatable bonds is 3. The van der Waals surface area contributed by atoms with Crippen molar-refractivity contribution in [2.75, 3.05) is 0 Å². The molecule has 0 bridgehead atoms. The van der Waals surface area contributed by atoms with Crippen LogP contribution in [0.15, 0.2) is 24.5 Å². The number of nitrogens with zero attached hydrogens (tertiary/aromatic N) is 2. The topological polar surface area (TPSA) is 74.1 Å². The Kier molecular flexibility index (Phi) is 3.70. The summed E-state index contributed by atoms with van der Waals surface area (Å²) >= 11 is 0. The summed E-state index contributed by atoms with van der Waals surface area (Å²) in [7, 11) is 0. The second-order valence-corrected chi connectivity index (χ2v) is 6.09. The first-order chi connectivity index (χ1) is 9.36. The molecule has 1 amide bonds. The van der Waals surface area contributed by atoms with Gasteiger partial charge in [-0.3, -0.25) is 24.9 Å². The number of pyridine rings is 1. The minimum absolute atomic E-state index is 0.0454. The van der Waals surface area contributed by atoms with Crippen molar-refractivity contribution in [3.8, 4) is 0 Å². The SMILES string of the molecule is CC(C)(C)C(=O)[C@H]1CC(=O)N(C=N)[C@@H]1c1cccnc1. The summed E-state index contributed by atoms with van der Waals surface area (Å²) in [6.07, 6.45) is 4.47. The quantitative estimate of drug-likeness (QED) is 0.677. The monoisotopic (exact) mass is 273 g/mol. The lowest BCUT2D eigenvalue weighted by atomic mass is 9.78. The summed E-state index contributed by atoms with van der Waals surface area (Å²) < 4.78 is 0. The molecule has 1 aromatic heterocycles. The molecule has 1 aromatic rings. The number of Topliss-reactive ketones (excluding diaryl/α,β-unsaturated/α-hetero) is 1. The zero-order valence-electron chi connectivity index (χ0n) is 12.0. The fourth-order valence-electron chi connectivity index (χ4n) is 2.64. The second kappa shape index (κ2) is 5.15. The summed E-state index contributed by atoms with van der Waals surface area (Å²) in [5.74, 6) is -0.561. The molecule has 2 heterocycles. The number of aromatic nitrogens is 1. The molecule has 1 saturated heterocycles. The smallest absolute Gasteiger partial charge is 0.229 e. The van der Waals surface area contributed by atoms with Gasteiger partial charge < -0.3 is 0 Å². The third kappa shape index (κ3) is 2.48. The van der Waals surface area contributed by atoms with E-state index in [1.807, 2.05) is 26.8 Å². The van der Waals surface area contributed by atoms with Gasteiger partial charge in [0.05, 0.1) is 18.3 Å². The van der Waals surface area contributed by atoms with Gasteiger partial charge in [0.25, 0.3) is 0 Å². The molecule has 0 aromatic carbocycles. The van der Waals surface area contributed by atoms with Crippen molar-refractivity contribution >= 4 is 18.0 Å². The Morgan fingerprint density at radius 2 is 2.20 bits per heavy atom. The average Bonchev–Trinajstić information content (AvgIpc) is 2.74. The Hall–Kier alpha value is -2.04. The molecule has 2 rings (SSSR count). The number of ketones is 1. The molecule has 20 heavy (non-hydrogen) atoms. The maximum Gasteiger partial charge on any atom is 0.229 e. The fourth-order valence-corrected chi connectivity index (χ4v) is 2.64. The van der Waals surface area contributed by atoms with E-state index in [-0.39, 0.29) is 18.1 Å². The van der Waals surface area contributed by atoms with E-state index < -0.39 is 17.4 Å². The molecule has 0 unspecified atom stereocenters. The lowest BCUT2D eigenvalue weighted by Gasteiger charge is -2.28. The minimum atomic E-state index is -0.510. The predicted octanol–water partition coefficient (Wildman–Crippen LogP) is 2.19. The highest BCUT2D eigenvalue weighted by Gasteiger charge is 2.46. The van der Waals surface area contributed by atoms with Crippen LogP contribution in [0.2, 0.25) is 0 Å². The first-order valence-electron chi connectivity index (χ1n) is 6.62. The molecule has 1 fully saturated rings. The van der Waals surface area contributed by atoms with Crippen LogP contribution in [0.4, 0.5) is 0 Å². The van der Waals surface area contributed by atoms with Crippen LogP contribution in [0.25, 0.3) is 0 Å². The van der Waals surface area contributed by atoms with E-state index in [2.05, 4.69) is 4.98 Å². The maximum absolute atomic E-state index is 12.6. The molecule has 1 N–H and O–H groups in total. The van der Waals surface area contributed by atoms with Gasteiger partial charge in [-0.2, -0.15) is 0 Å². The van der Waals surface area contributed by atoms with Crippen LogP contribution in [0.1, 0.15) is 38.8 Å². The first-order valence-corrected chi connectivity index (χ1v) is 6.62. The van der Waals surface area contributed by atoms with Gasteiger partial charge in [-0.15, -0.1) is 0 Å². The normalized spacial score (nSPS) is 22.9. The average molecular weight is 273 g/mol. The van der Waals surface area contributed by atoms with E-state index >= 15 is 0 Å². The Balaban J connectivity index is 2.43. The Morgan fingerprint density at radius 3 is 2.70 bits per heavy atom. The lowest BCUT2D eigenvalue weighted by molar-refractivity contribution is -0.131. The summed E-state index contributed by atoms with van der Waals surface area (Å²) in [6.45, 7) is 5.56. The second-order valence-electron chi connectivity index (χ2n) is 6.09. The lowest BCUT2D eigenvalue weighted by Crippen LogP contribution is -2.33. The predicted molar refractivity (Wildman–Crippen MR) is 75.2 cm³/mol. The van der Waals surface area contributed by atoms with Gasteiger partial charge in [-0.1, -0.05) is 26.8 Å². The summed E-state index contributed by atoms with van der Waals surface area (Å²) in [5.41, 5.74) is 0.285. The summed E-state index contributed by atoms with van der Waals surface area (Å²) in [6, 6.07) is 3.20. The molecule has 106 valence electrons. The van der Waals surface area contributed by atoms with Crippen LogP contribution in [0.5, 0.6) is 0 Å². The molecule has 2 atom stereocenters. The van der Waals surface area contributed by atoms with Gasteiger partial charge in [-0.25, -0.2) is 0 Å². The minimum Gasteiger partial charge on any atom is -0.299 e. The highest BCUT2D eigenvalue weighted by atomic mass is 16.2. The number of carbonyl (C=O) groups excluding carboxylic acids is 2. The maximum atomic E-state index is 12.6. The van der Waals surface area contributed by atoms with E-state index in [0.717, 1.165) is 11.9 Å². The molecule has 5 heteroatoms. The van der Waals surface area contributed by atoms with Gasteiger partial charge in [0.2, 0.25) is 5.91 Å². The van der Waals surface area contributed by atoms with Crippen LogP contribution < -0.4 is 0 Å². The standard InChI is InChI=1S/C15H19N3O2/c1-15(2,3)14(20)11-7-12(19)18(9-16)13(11)10-5-4-6-17-8-10/h4-6,8-9,11,13,16H,7H2,1-3H3/t11-,13+/m0/s1. The van der Waals surface area contributed by atoms with Crippen molar-refractivity contribution in [2.24, 2.45) is 11.3 Å². The molecular weight excluding hydrogens is 254 g/mol. The van der Waals surface area contributed by atoms with Crippen LogP contribution in [-0.4, -0.2) is 27.9 Å². The van der Waals surface area contributed by atoms with Crippen LogP contribution >= 0.6 is 0 Å². The number of carbonyl (C=O) groups is 2. The third-order valence-corrected chi connectivity index (χ3v) is 3.60. The first kappa shape index (κ1) is 14.4. The highest BCUT2D eigenvalue weighted by molar-refractivity contribution is 5.98. The van der Waals surface area contributed by atoms with E-state index in [9.17, 15) is 9.59 Å². The fraction of sp³-hybridized carbons (Fsp3) is 0.467. The summed E-state index contributed by atoms with van der Waals surface area (Å²) in [5, 5.41) is 7.45. The molecule has 5 nitrogen and oxygen atoms in total. The molecule has 0 radical (unpaired) electrons. The largest absolute Gasteiger partial charge is 0.299 e. The van der Waals surface area contributed by atoms with Gasteiger partial charge in [0.15, 0.2) is 0 Å². The van der Waals surface area contributed by atoms with Gasteiger partial charge >= 0.3 is 0 Å². The Bertz CT molecular complexity index is 534. The molecule has 0 aliphatic carbocycles.